The van der Waals surface area contributed by atoms with Gasteiger partial charge in [0.15, 0.2) is 17.3 Å². The van der Waals surface area contributed by atoms with E-state index in [2.05, 4.69) is 22.5 Å². The van der Waals surface area contributed by atoms with Gasteiger partial charge in [-0.2, -0.15) is 0 Å². The summed E-state index contributed by atoms with van der Waals surface area (Å²) >= 11 is 0. The highest BCUT2D eigenvalue weighted by atomic mass is 16.7. The second-order valence-electron chi connectivity index (χ2n) is 11.7. The van der Waals surface area contributed by atoms with Crippen LogP contribution >= 0.6 is 0 Å². The van der Waals surface area contributed by atoms with Gasteiger partial charge < -0.3 is 36.7 Å². The van der Waals surface area contributed by atoms with Crippen molar-refractivity contribution in [2.75, 3.05) is 20.2 Å². The van der Waals surface area contributed by atoms with Gasteiger partial charge in [-0.15, -0.1) is 0 Å². The molecule has 1 aromatic rings. The number of benzene rings is 1. The predicted octanol–water partition coefficient (Wildman–Crippen LogP) is 2.80. The molecule has 1 fully saturated rings. The van der Waals surface area contributed by atoms with Gasteiger partial charge in [0, 0.05) is 37.7 Å². The first kappa shape index (κ1) is 32.9. The van der Waals surface area contributed by atoms with Crippen molar-refractivity contribution in [3.05, 3.63) is 70.6 Å². The third kappa shape index (κ3) is 6.58. The van der Waals surface area contributed by atoms with Crippen LogP contribution in [-0.4, -0.2) is 72.1 Å². The lowest BCUT2D eigenvalue weighted by Crippen LogP contribution is -2.51. The fourth-order valence-corrected chi connectivity index (χ4v) is 6.01. The first-order valence-corrected chi connectivity index (χ1v) is 15.4. The molecule has 2 aliphatic heterocycles. The molecule has 7 N–H and O–H groups in total. The Morgan fingerprint density at radius 3 is 2.57 bits per heavy atom. The zero-order chi connectivity index (χ0) is 31.9. The molecule has 4 rings (SSSR count). The van der Waals surface area contributed by atoms with Crippen LogP contribution in [0.2, 0.25) is 0 Å². The van der Waals surface area contributed by atoms with E-state index in [1.165, 1.54) is 0 Å². The number of guanidine groups is 1. The van der Waals surface area contributed by atoms with Crippen LogP contribution in [0, 0.1) is 0 Å². The van der Waals surface area contributed by atoms with Gasteiger partial charge in [-0.25, -0.2) is 4.79 Å². The number of aliphatic hydroxyl groups is 1. The summed E-state index contributed by atoms with van der Waals surface area (Å²) in [6.45, 7) is 4.52. The Morgan fingerprint density at radius 2 is 1.91 bits per heavy atom. The highest BCUT2D eigenvalue weighted by molar-refractivity contribution is 6.32. The van der Waals surface area contributed by atoms with E-state index in [1.807, 2.05) is 25.2 Å². The van der Waals surface area contributed by atoms with Gasteiger partial charge in [-0.3, -0.25) is 14.6 Å². The molecule has 2 heterocycles. The van der Waals surface area contributed by atoms with Gasteiger partial charge in [-0.1, -0.05) is 61.8 Å². The molecule has 11 nitrogen and oxygen atoms in total. The van der Waals surface area contributed by atoms with Crippen molar-refractivity contribution >= 4 is 23.5 Å². The number of unbranched alkanes of at least 4 members (excludes halogenated alkanes) is 2. The molecule has 1 aromatic carbocycles. The first-order valence-electron chi connectivity index (χ1n) is 15.4. The van der Waals surface area contributed by atoms with Crippen LogP contribution in [-0.2, 0) is 14.3 Å². The minimum absolute atomic E-state index is 0.00658. The average molecular weight is 608 g/mol. The number of Topliss-reactive ketones (excluding diaryl/α,β-unsaturated/α-hetero) is 2. The highest BCUT2D eigenvalue weighted by Gasteiger charge is 2.85. The number of rotatable bonds is 15. The summed E-state index contributed by atoms with van der Waals surface area (Å²) in [5.41, 5.74) is 10.4. The number of hydrogen-bond acceptors (Lipinski definition) is 9. The third-order valence-corrected chi connectivity index (χ3v) is 8.53. The Kier molecular flexibility index (Phi) is 10.6. The Hall–Kier alpha value is -3.96. The number of epoxide rings is 1. The lowest BCUT2D eigenvalue weighted by atomic mass is 9.72. The van der Waals surface area contributed by atoms with Crippen LogP contribution in [0.15, 0.2) is 64.5 Å². The average Bonchev–Trinajstić information content (AvgIpc) is 3.73. The van der Waals surface area contributed by atoms with E-state index >= 15 is 0 Å². The van der Waals surface area contributed by atoms with Crippen molar-refractivity contribution in [2.45, 2.75) is 88.6 Å². The van der Waals surface area contributed by atoms with Crippen LogP contribution in [0.25, 0.3) is 0 Å². The second kappa shape index (κ2) is 14.2. The van der Waals surface area contributed by atoms with Gasteiger partial charge in [0.25, 0.3) is 5.60 Å². The predicted molar refractivity (Wildman–Crippen MR) is 168 cm³/mol. The maximum atomic E-state index is 14.0. The Labute approximate surface area is 258 Å². The summed E-state index contributed by atoms with van der Waals surface area (Å²) in [5, 5.41) is 15.7. The van der Waals surface area contributed by atoms with E-state index in [4.69, 9.17) is 20.9 Å². The number of carbonyl (C=O) groups is 3. The van der Waals surface area contributed by atoms with Gasteiger partial charge >= 0.3 is 5.97 Å². The highest BCUT2D eigenvalue weighted by Crippen LogP contribution is 2.58. The van der Waals surface area contributed by atoms with Gasteiger partial charge in [0.1, 0.15) is 6.10 Å². The standard InChI is InChI=1S/C33H45N5O6/c1-4-5-6-10-23(11-9-18-39)43-30(42)33-29(41)25-13-8-7-12-24(25)28(40)32(33,44-33)16-14-21(2)19-26(38-31(35)36-3)22-15-17-37-27(34)20-22/h7-8,12-15,20,23,26,37,39H,4-6,9-11,16-19,34H2,1-3H3,(H3,35,36,38)/b21-14+/t23-,26-,32+,33+/m1/s1. The van der Waals surface area contributed by atoms with E-state index in [0.717, 1.165) is 30.4 Å². The van der Waals surface area contributed by atoms with E-state index in [1.54, 1.807) is 31.3 Å². The smallest absolute Gasteiger partial charge is 0.350 e. The van der Waals surface area contributed by atoms with Crippen molar-refractivity contribution in [1.29, 1.82) is 0 Å². The molecule has 238 valence electrons. The molecular weight excluding hydrogens is 562 g/mol. The monoisotopic (exact) mass is 607 g/mol. The maximum absolute atomic E-state index is 14.0. The number of ketones is 2. The molecule has 4 atom stereocenters. The number of carbonyl (C=O) groups excluding carboxylic acids is 3. The maximum Gasteiger partial charge on any atom is 0.350 e. The van der Waals surface area contributed by atoms with Crippen LogP contribution < -0.4 is 22.1 Å². The Bertz CT molecular complexity index is 1380. The molecule has 44 heavy (non-hydrogen) atoms. The fraction of sp³-hybridized carbons (Fsp3) is 0.515. The zero-order valence-electron chi connectivity index (χ0n) is 25.9. The van der Waals surface area contributed by atoms with Gasteiger partial charge in [0.05, 0.1) is 11.9 Å². The van der Waals surface area contributed by atoms with Gasteiger partial charge in [-0.05, 0) is 50.7 Å². The Morgan fingerprint density at radius 1 is 1.20 bits per heavy atom. The number of nitrogens with one attached hydrogen (secondary N) is 2. The summed E-state index contributed by atoms with van der Waals surface area (Å²) < 4.78 is 12.0. The topological polar surface area (TPSA) is 182 Å². The van der Waals surface area contributed by atoms with Crippen molar-refractivity contribution in [2.24, 2.45) is 16.5 Å². The number of ether oxygens (including phenoxy) is 2. The molecule has 11 heteroatoms. The molecule has 3 aliphatic rings. The summed E-state index contributed by atoms with van der Waals surface area (Å²) in [6, 6.07) is 6.22. The number of dihydropyridines is 1. The largest absolute Gasteiger partial charge is 0.460 e. The van der Waals surface area contributed by atoms with Crippen LogP contribution in [0.5, 0.6) is 0 Å². The van der Waals surface area contributed by atoms with Crippen molar-refractivity contribution in [3.63, 3.8) is 0 Å². The molecule has 0 spiro atoms. The molecule has 1 aliphatic carbocycles. The number of nitrogens with two attached hydrogens (primary N) is 2. The fourth-order valence-electron chi connectivity index (χ4n) is 6.01. The number of esters is 1. The first-order chi connectivity index (χ1) is 21.1. The molecular formula is C33H45N5O6. The zero-order valence-corrected chi connectivity index (χ0v) is 25.9. The van der Waals surface area contributed by atoms with Gasteiger partial charge in [0.2, 0.25) is 5.78 Å². The molecule has 0 amide bonds. The number of hydrogen-bond donors (Lipinski definition) is 5. The molecule has 0 unspecified atom stereocenters. The van der Waals surface area contributed by atoms with Crippen molar-refractivity contribution < 1.29 is 29.0 Å². The number of aliphatic hydroxyl groups excluding tert-OH is 1. The lowest BCUT2D eigenvalue weighted by molar-refractivity contribution is -0.154. The lowest BCUT2D eigenvalue weighted by Gasteiger charge is -2.26. The molecule has 0 bridgehead atoms. The van der Waals surface area contributed by atoms with E-state index in [9.17, 15) is 19.5 Å². The van der Waals surface area contributed by atoms with Crippen molar-refractivity contribution in [3.8, 4) is 0 Å². The van der Waals surface area contributed by atoms with E-state index in [0.29, 0.717) is 38.0 Å². The Balaban J connectivity index is 1.62. The summed E-state index contributed by atoms with van der Waals surface area (Å²) in [6.07, 6.45) is 9.98. The van der Waals surface area contributed by atoms with Crippen LogP contribution in [0.4, 0.5) is 0 Å². The minimum atomic E-state index is -2.05. The molecule has 0 aromatic heterocycles. The second-order valence-corrected chi connectivity index (χ2v) is 11.7. The summed E-state index contributed by atoms with van der Waals surface area (Å²) in [4.78, 5) is 45.8. The molecule has 0 radical (unpaired) electrons. The minimum Gasteiger partial charge on any atom is -0.460 e. The van der Waals surface area contributed by atoms with E-state index in [-0.39, 0.29) is 36.2 Å². The quantitative estimate of drug-likeness (QED) is 0.0378. The molecule has 1 saturated heterocycles. The van der Waals surface area contributed by atoms with E-state index < -0.39 is 34.8 Å². The number of nitrogens with zero attached hydrogens (tertiary/aromatic N) is 1. The SMILES string of the molecule is CCCCC[C@H](CCCO)OC(=O)[C@]12O[C@@]1(C/C=C(\C)C[C@@H](NC(N)=NC)C1=CCNC(N)=C1)C(=O)c1ccccc1C2=O. The number of aliphatic imine (C=N–C) groups is 1. The molecule has 0 saturated carbocycles. The normalized spacial score (nSPS) is 24.3. The van der Waals surface area contributed by atoms with Crippen molar-refractivity contribution in [1.82, 2.24) is 10.6 Å². The number of fused-ring (bicyclic) bond motifs is 2. The summed E-state index contributed by atoms with van der Waals surface area (Å²) in [5.74, 6) is -1.03. The van der Waals surface area contributed by atoms with Crippen LogP contribution in [0.3, 0.4) is 0 Å². The third-order valence-electron chi connectivity index (χ3n) is 8.53. The summed E-state index contributed by atoms with van der Waals surface area (Å²) in [7, 11) is 1.59. The van der Waals surface area contributed by atoms with Crippen LogP contribution in [0.1, 0.15) is 85.9 Å².